The van der Waals surface area contributed by atoms with E-state index < -0.39 is 0 Å². The Kier molecular flexibility index (Phi) is 4.35. The highest BCUT2D eigenvalue weighted by molar-refractivity contribution is 5.95. The number of benzene rings is 1. The third-order valence-corrected chi connectivity index (χ3v) is 4.17. The monoisotopic (exact) mass is 288 g/mol. The summed E-state index contributed by atoms with van der Waals surface area (Å²) in [6, 6.07) is 5.75. The van der Waals surface area contributed by atoms with Gasteiger partial charge in [-0.05, 0) is 57.4 Å². The highest BCUT2D eigenvalue weighted by atomic mass is 16.2. The first kappa shape index (κ1) is 15.5. The third kappa shape index (κ3) is 3.63. The summed E-state index contributed by atoms with van der Waals surface area (Å²) in [7, 11) is 0. The number of hydrogen-bond donors (Lipinski definition) is 1. The highest BCUT2D eigenvalue weighted by Gasteiger charge is 2.24. The van der Waals surface area contributed by atoms with Crippen molar-refractivity contribution in [1.82, 2.24) is 5.32 Å². The second-order valence-electron chi connectivity index (χ2n) is 6.36. The Labute approximate surface area is 126 Å². The minimum absolute atomic E-state index is 0.0466. The van der Waals surface area contributed by atoms with Crippen molar-refractivity contribution in [2.45, 2.75) is 46.1 Å². The van der Waals surface area contributed by atoms with E-state index in [9.17, 15) is 9.59 Å². The van der Waals surface area contributed by atoms with Crippen LogP contribution < -0.4 is 10.2 Å². The number of nitrogens with one attached hydrogen (secondary N) is 1. The molecule has 4 heteroatoms. The molecule has 0 saturated carbocycles. The van der Waals surface area contributed by atoms with Crippen molar-refractivity contribution in [3.8, 4) is 0 Å². The van der Waals surface area contributed by atoms with Gasteiger partial charge >= 0.3 is 0 Å². The first-order valence-electron chi connectivity index (χ1n) is 7.52. The molecule has 0 radical (unpaired) electrons. The summed E-state index contributed by atoms with van der Waals surface area (Å²) in [4.78, 5) is 25.7. The van der Waals surface area contributed by atoms with Gasteiger partial charge in [-0.2, -0.15) is 0 Å². The van der Waals surface area contributed by atoms with E-state index in [4.69, 9.17) is 0 Å². The Bertz CT molecular complexity index is 564. The number of rotatable bonds is 5. The molecular formula is C17H24N2O2. The molecule has 0 aliphatic carbocycles. The molecule has 2 rings (SSSR count). The van der Waals surface area contributed by atoms with Crippen LogP contribution in [0.2, 0.25) is 0 Å². The Morgan fingerprint density at radius 2 is 2.05 bits per heavy atom. The molecule has 1 aromatic carbocycles. The third-order valence-electron chi connectivity index (χ3n) is 4.17. The molecule has 0 unspecified atom stereocenters. The number of Topliss-reactive ketones (excluding diaryl/α,β-unsaturated/α-hetero) is 1. The molecular weight excluding hydrogens is 264 g/mol. The predicted molar refractivity (Wildman–Crippen MR) is 84.9 cm³/mol. The van der Waals surface area contributed by atoms with Gasteiger partial charge < -0.3 is 10.2 Å². The van der Waals surface area contributed by atoms with E-state index in [-0.39, 0.29) is 17.2 Å². The van der Waals surface area contributed by atoms with E-state index in [0.717, 1.165) is 36.2 Å². The van der Waals surface area contributed by atoms with E-state index in [1.807, 2.05) is 32.0 Å². The van der Waals surface area contributed by atoms with Gasteiger partial charge in [0.15, 0.2) is 5.78 Å². The lowest BCUT2D eigenvalue weighted by Crippen LogP contribution is -2.47. The zero-order chi connectivity index (χ0) is 15.6. The van der Waals surface area contributed by atoms with E-state index in [0.29, 0.717) is 6.54 Å². The Morgan fingerprint density at radius 3 is 2.67 bits per heavy atom. The number of hydrogen-bond acceptors (Lipinski definition) is 3. The Balaban J connectivity index is 2.06. The zero-order valence-electron chi connectivity index (χ0n) is 13.3. The van der Waals surface area contributed by atoms with Crippen molar-refractivity contribution in [3.05, 3.63) is 29.3 Å². The topological polar surface area (TPSA) is 49.4 Å². The molecule has 4 nitrogen and oxygen atoms in total. The van der Waals surface area contributed by atoms with Gasteiger partial charge in [0.1, 0.15) is 0 Å². The SMILES string of the molecule is CCC(C)(C)NC(=O)CN1CCc2cc(C(C)=O)ccc21. The zero-order valence-corrected chi connectivity index (χ0v) is 13.3. The van der Waals surface area contributed by atoms with E-state index in [1.165, 1.54) is 0 Å². The molecule has 0 saturated heterocycles. The standard InChI is InChI=1S/C17H24N2O2/c1-5-17(3,4)18-16(21)11-19-9-8-14-10-13(12(2)20)6-7-15(14)19/h6-7,10H,5,8-9,11H2,1-4H3,(H,18,21). The van der Waals surface area contributed by atoms with Crippen LogP contribution in [0, 0.1) is 0 Å². The van der Waals surface area contributed by atoms with Crippen LogP contribution in [0.1, 0.15) is 50.0 Å². The summed E-state index contributed by atoms with van der Waals surface area (Å²) in [5.41, 5.74) is 2.81. The first-order valence-corrected chi connectivity index (χ1v) is 7.52. The van der Waals surface area contributed by atoms with Gasteiger partial charge in [-0.25, -0.2) is 0 Å². The second-order valence-corrected chi connectivity index (χ2v) is 6.36. The summed E-state index contributed by atoms with van der Waals surface area (Å²) in [6.07, 6.45) is 1.79. The van der Waals surface area contributed by atoms with Gasteiger partial charge in [0.2, 0.25) is 5.91 Å². The first-order chi connectivity index (χ1) is 9.82. The Hall–Kier alpha value is -1.84. The molecule has 114 valence electrons. The average molecular weight is 288 g/mol. The summed E-state index contributed by atoms with van der Waals surface area (Å²) >= 11 is 0. The fourth-order valence-corrected chi connectivity index (χ4v) is 2.53. The second kappa shape index (κ2) is 5.88. The van der Waals surface area contributed by atoms with Crippen molar-refractivity contribution < 1.29 is 9.59 Å². The minimum atomic E-state index is -0.169. The maximum Gasteiger partial charge on any atom is 0.239 e. The number of amides is 1. The average Bonchev–Trinajstić information content (AvgIpc) is 2.80. The van der Waals surface area contributed by atoms with Crippen LogP contribution in [0.3, 0.4) is 0 Å². The molecule has 1 amide bonds. The molecule has 0 spiro atoms. The largest absolute Gasteiger partial charge is 0.362 e. The van der Waals surface area contributed by atoms with Crippen LogP contribution in [-0.4, -0.2) is 30.3 Å². The normalized spacial score (nSPS) is 14.0. The van der Waals surface area contributed by atoms with Gasteiger partial charge in [0.05, 0.1) is 6.54 Å². The van der Waals surface area contributed by atoms with Crippen LogP contribution in [-0.2, 0) is 11.2 Å². The lowest BCUT2D eigenvalue weighted by atomic mass is 10.0. The minimum Gasteiger partial charge on any atom is -0.362 e. The number of nitrogens with zero attached hydrogens (tertiary/aromatic N) is 1. The van der Waals surface area contributed by atoms with Crippen molar-refractivity contribution >= 4 is 17.4 Å². The van der Waals surface area contributed by atoms with Crippen molar-refractivity contribution in [2.75, 3.05) is 18.0 Å². The quantitative estimate of drug-likeness (QED) is 0.847. The predicted octanol–water partition coefficient (Wildman–Crippen LogP) is 2.56. The molecule has 1 aliphatic rings. The van der Waals surface area contributed by atoms with E-state index in [2.05, 4.69) is 17.1 Å². The lowest BCUT2D eigenvalue weighted by Gasteiger charge is -2.27. The molecule has 0 atom stereocenters. The molecule has 1 aromatic rings. The van der Waals surface area contributed by atoms with Crippen molar-refractivity contribution in [1.29, 1.82) is 0 Å². The van der Waals surface area contributed by atoms with Crippen LogP contribution in [0.5, 0.6) is 0 Å². The number of fused-ring (bicyclic) bond motifs is 1. The van der Waals surface area contributed by atoms with Gasteiger partial charge in [-0.15, -0.1) is 0 Å². The van der Waals surface area contributed by atoms with Gasteiger partial charge in [-0.1, -0.05) is 6.92 Å². The van der Waals surface area contributed by atoms with Gasteiger partial charge in [0, 0.05) is 23.3 Å². The number of anilines is 1. The molecule has 21 heavy (non-hydrogen) atoms. The summed E-state index contributed by atoms with van der Waals surface area (Å²) in [6.45, 7) is 8.90. The maximum atomic E-state index is 12.2. The molecule has 0 bridgehead atoms. The lowest BCUT2D eigenvalue weighted by molar-refractivity contribution is -0.121. The number of carbonyl (C=O) groups is 2. The van der Waals surface area contributed by atoms with E-state index in [1.54, 1.807) is 6.92 Å². The van der Waals surface area contributed by atoms with Crippen LogP contribution in [0.25, 0.3) is 0 Å². The van der Waals surface area contributed by atoms with Gasteiger partial charge in [-0.3, -0.25) is 9.59 Å². The van der Waals surface area contributed by atoms with Gasteiger partial charge in [0.25, 0.3) is 0 Å². The molecule has 1 aliphatic heterocycles. The fourth-order valence-electron chi connectivity index (χ4n) is 2.53. The molecule has 0 fully saturated rings. The smallest absolute Gasteiger partial charge is 0.239 e. The van der Waals surface area contributed by atoms with Crippen molar-refractivity contribution in [2.24, 2.45) is 0 Å². The summed E-state index contributed by atoms with van der Waals surface area (Å²) in [5, 5.41) is 3.06. The van der Waals surface area contributed by atoms with Crippen molar-refractivity contribution in [3.63, 3.8) is 0 Å². The maximum absolute atomic E-state index is 12.2. The Morgan fingerprint density at radius 1 is 1.33 bits per heavy atom. The van der Waals surface area contributed by atoms with Crippen LogP contribution in [0.4, 0.5) is 5.69 Å². The number of carbonyl (C=O) groups excluding carboxylic acids is 2. The molecule has 1 heterocycles. The highest BCUT2D eigenvalue weighted by Crippen LogP contribution is 2.28. The van der Waals surface area contributed by atoms with Crippen LogP contribution >= 0.6 is 0 Å². The molecule has 0 aromatic heterocycles. The summed E-state index contributed by atoms with van der Waals surface area (Å²) < 4.78 is 0. The van der Waals surface area contributed by atoms with E-state index >= 15 is 0 Å². The summed E-state index contributed by atoms with van der Waals surface area (Å²) in [5.74, 6) is 0.129. The number of ketones is 1. The van der Waals surface area contributed by atoms with Crippen LogP contribution in [0.15, 0.2) is 18.2 Å². The fraction of sp³-hybridized carbons (Fsp3) is 0.529. The molecule has 1 N–H and O–H groups in total.